The Morgan fingerprint density at radius 1 is 1.33 bits per heavy atom. The number of rotatable bonds is 7. The number of amides is 1. The molecule has 0 aliphatic carbocycles. The Morgan fingerprint density at radius 3 is 2.70 bits per heavy atom. The highest BCUT2D eigenvalue weighted by atomic mass is 35.5. The van der Waals surface area contributed by atoms with E-state index in [2.05, 4.69) is 18.5 Å². The first-order chi connectivity index (χ1) is 14.4. The van der Waals surface area contributed by atoms with Crippen LogP contribution in [0.2, 0.25) is 5.02 Å². The van der Waals surface area contributed by atoms with Crippen LogP contribution in [-0.4, -0.2) is 35.1 Å². The topological polar surface area (TPSA) is 70.3 Å². The number of halogens is 1. The first-order valence-corrected chi connectivity index (χ1v) is 10.7. The number of aromatic nitrogens is 1. The van der Waals surface area contributed by atoms with Crippen molar-refractivity contribution in [3.63, 3.8) is 0 Å². The van der Waals surface area contributed by atoms with E-state index >= 15 is 0 Å². The van der Waals surface area contributed by atoms with Crippen molar-refractivity contribution in [2.45, 2.75) is 52.7 Å². The Hall–Kier alpha value is -2.49. The number of hydrogen-bond acceptors (Lipinski definition) is 4. The van der Waals surface area contributed by atoms with Gasteiger partial charge in [0.2, 0.25) is 6.41 Å². The van der Waals surface area contributed by atoms with Gasteiger partial charge in [-0.05, 0) is 62.8 Å². The molecule has 1 N–H and O–H groups in total. The van der Waals surface area contributed by atoms with Crippen LogP contribution in [0, 0.1) is 24.2 Å². The molecule has 30 heavy (non-hydrogen) atoms. The minimum atomic E-state index is -0.00499. The molecule has 2 heterocycles. The number of nitriles is 1. The fourth-order valence-electron chi connectivity index (χ4n) is 3.15. The van der Waals surface area contributed by atoms with Gasteiger partial charge in [-0.3, -0.25) is 15.1 Å². The van der Waals surface area contributed by atoms with Gasteiger partial charge in [0.25, 0.3) is 0 Å². The Kier molecular flexibility index (Phi) is 9.72. The van der Waals surface area contributed by atoms with Gasteiger partial charge in [-0.15, -0.1) is 0 Å². The number of benzene rings is 1. The summed E-state index contributed by atoms with van der Waals surface area (Å²) in [7, 11) is 0. The van der Waals surface area contributed by atoms with Gasteiger partial charge < -0.3 is 9.47 Å². The van der Waals surface area contributed by atoms with Gasteiger partial charge in [0.1, 0.15) is 11.8 Å². The summed E-state index contributed by atoms with van der Waals surface area (Å²) in [5.74, 6) is 0.821. The van der Waals surface area contributed by atoms with Crippen LogP contribution in [-0.2, 0) is 16.2 Å². The lowest BCUT2D eigenvalue weighted by atomic mass is 10.00. The summed E-state index contributed by atoms with van der Waals surface area (Å²) in [4.78, 5) is 17.7. The van der Waals surface area contributed by atoms with Crippen LogP contribution in [0.25, 0.3) is 0 Å². The molecule has 1 aliphatic rings. The van der Waals surface area contributed by atoms with Gasteiger partial charge in [-0.1, -0.05) is 30.7 Å². The van der Waals surface area contributed by atoms with Crippen LogP contribution in [0.5, 0.6) is 0 Å². The standard InChI is InChI=1S/C16H18ClN3O.C7H13NO/c1-12-5-3-7-15(17)16(12)19-21-13(2)8-10-20-9-4-6-14(20)11-18;1-7-2-4-8(6-9)5-3-7/h3-7,9,13,19H,8,10H2,1-2H3;6-7H,2-5H2,1H3. The normalized spacial score (nSPS) is 15.0. The number of aryl methyl sites for hydroxylation is 2. The van der Waals surface area contributed by atoms with E-state index in [0.717, 1.165) is 49.6 Å². The van der Waals surface area contributed by atoms with E-state index in [1.54, 1.807) is 6.07 Å². The van der Waals surface area contributed by atoms with E-state index in [1.807, 2.05) is 53.8 Å². The van der Waals surface area contributed by atoms with Gasteiger partial charge in [-0.25, -0.2) is 0 Å². The van der Waals surface area contributed by atoms with Crippen LogP contribution in [0.3, 0.4) is 0 Å². The molecule has 6 nitrogen and oxygen atoms in total. The molecule has 162 valence electrons. The Labute approximate surface area is 184 Å². The Morgan fingerprint density at radius 2 is 2.07 bits per heavy atom. The quantitative estimate of drug-likeness (QED) is 0.494. The predicted octanol–water partition coefficient (Wildman–Crippen LogP) is 5.02. The average molecular weight is 431 g/mol. The van der Waals surface area contributed by atoms with E-state index in [4.69, 9.17) is 21.7 Å². The monoisotopic (exact) mass is 430 g/mol. The van der Waals surface area contributed by atoms with E-state index in [0.29, 0.717) is 10.7 Å². The van der Waals surface area contributed by atoms with Crippen molar-refractivity contribution in [1.29, 1.82) is 5.26 Å². The maximum absolute atomic E-state index is 10.2. The molecule has 0 saturated carbocycles. The molecule has 1 unspecified atom stereocenters. The highest BCUT2D eigenvalue weighted by molar-refractivity contribution is 6.33. The lowest BCUT2D eigenvalue weighted by molar-refractivity contribution is -0.119. The number of carbonyl (C=O) groups excluding carboxylic acids is 1. The lowest BCUT2D eigenvalue weighted by Gasteiger charge is -2.26. The fourth-order valence-corrected chi connectivity index (χ4v) is 3.41. The van der Waals surface area contributed by atoms with Crippen molar-refractivity contribution in [3.05, 3.63) is 52.8 Å². The fraction of sp³-hybridized carbons (Fsp3) is 0.478. The molecule has 0 bridgehead atoms. The molecule has 7 heteroatoms. The summed E-state index contributed by atoms with van der Waals surface area (Å²) < 4.78 is 1.92. The second-order valence-corrected chi connectivity index (χ2v) is 8.18. The molecular weight excluding hydrogens is 400 g/mol. The zero-order valence-corrected chi connectivity index (χ0v) is 18.7. The SMILES string of the molecule is CC1CCN(C=O)CC1.Cc1cccc(Cl)c1NOC(C)CCn1cccc1C#N. The van der Waals surface area contributed by atoms with Crippen LogP contribution in [0.15, 0.2) is 36.5 Å². The van der Waals surface area contributed by atoms with E-state index < -0.39 is 0 Å². The molecule has 1 aromatic heterocycles. The molecule has 3 rings (SSSR count). The Balaban J connectivity index is 0.000000297. The number of piperidine rings is 1. The smallest absolute Gasteiger partial charge is 0.209 e. The van der Waals surface area contributed by atoms with Crippen LogP contribution in [0.1, 0.15) is 44.4 Å². The first-order valence-electron chi connectivity index (χ1n) is 10.4. The zero-order chi connectivity index (χ0) is 21.9. The van der Waals surface area contributed by atoms with Gasteiger partial charge in [0.05, 0.1) is 16.8 Å². The van der Waals surface area contributed by atoms with Crippen molar-refractivity contribution < 1.29 is 9.63 Å². The Bertz CT molecular complexity index is 818. The van der Waals surface area contributed by atoms with Crippen molar-refractivity contribution in [2.75, 3.05) is 18.6 Å². The summed E-state index contributed by atoms with van der Waals surface area (Å²) in [5.41, 5.74) is 5.43. The summed E-state index contributed by atoms with van der Waals surface area (Å²) in [6.45, 7) is 8.85. The molecule has 0 radical (unpaired) electrons. The second-order valence-electron chi connectivity index (χ2n) is 7.77. The first kappa shape index (κ1) is 23.8. The summed E-state index contributed by atoms with van der Waals surface area (Å²) in [6.07, 6.45) is 6.00. The minimum absolute atomic E-state index is 0.00499. The van der Waals surface area contributed by atoms with Crippen LogP contribution in [0.4, 0.5) is 5.69 Å². The van der Waals surface area contributed by atoms with Crippen molar-refractivity contribution in [1.82, 2.24) is 9.47 Å². The number of hydrogen-bond donors (Lipinski definition) is 1. The number of anilines is 1. The number of carbonyl (C=O) groups is 1. The maximum Gasteiger partial charge on any atom is 0.209 e. The van der Waals surface area contributed by atoms with E-state index in [1.165, 1.54) is 12.8 Å². The average Bonchev–Trinajstić information content (AvgIpc) is 3.20. The van der Waals surface area contributed by atoms with Crippen molar-refractivity contribution >= 4 is 23.7 Å². The number of para-hydroxylation sites is 1. The third-order valence-corrected chi connectivity index (χ3v) is 5.59. The molecule has 1 fully saturated rings. The molecule has 2 aromatic rings. The number of nitrogens with zero attached hydrogens (tertiary/aromatic N) is 3. The van der Waals surface area contributed by atoms with E-state index in [9.17, 15) is 4.79 Å². The van der Waals surface area contributed by atoms with Gasteiger partial charge in [0.15, 0.2) is 0 Å². The zero-order valence-electron chi connectivity index (χ0n) is 18.0. The van der Waals surface area contributed by atoms with Gasteiger partial charge in [-0.2, -0.15) is 5.26 Å². The summed E-state index contributed by atoms with van der Waals surface area (Å²) in [5, 5.41) is 9.59. The van der Waals surface area contributed by atoms with Gasteiger partial charge in [0, 0.05) is 25.8 Å². The molecule has 0 spiro atoms. The lowest BCUT2D eigenvalue weighted by Crippen LogP contribution is -2.31. The predicted molar refractivity (Wildman–Crippen MR) is 120 cm³/mol. The van der Waals surface area contributed by atoms with Crippen molar-refractivity contribution in [2.24, 2.45) is 5.92 Å². The molecule has 1 aliphatic heterocycles. The number of nitrogens with one attached hydrogen (secondary N) is 1. The van der Waals surface area contributed by atoms with E-state index in [-0.39, 0.29) is 6.10 Å². The summed E-state index contributed by atoms with van der Waals surface area (Å²) in [6, 6.07) is 11.5. The highest BCUT2D eigenvalue weighted by Gasteiger charge is 2.12. The minimum Gasteiger partial charge on any atom is -0.345 e. The number of likely N-dealkylation sites (tertiary alicyclic amines) is 1. The molecule has 1 saturated heterocycles. The molecule has 1 amide bonds. The summed E-state index contributed by atoms with van der Waals surface area (Å²) >= 11 is 6.13. The largest absolute Gasteiger partial charge is 0.345 e. The van der Waals surface area contributed by atoms with Crippen LogP contribution >= 0.6 is 11.6 Å². The highest BCUT2D eigenvalue weighted by Crippen LogP contribution is 2.25. The van der Waals surface area contributed by atoms with Crippen molar-refractivity contribution in [3.8, 4) is 6.07 Å². The van der Waals surface area contributed by atoms with Gasteiger partial charge >= 0.3 is 0 Å². The maximum atomic E-state index is 10.2. The molecule has 1 aromatic carbocycles. The second kappa shape index (κ2) is 12.3. The molecule has 1 atom stereocenters. The third-order valence-electron chi connectivity index (χ3n) is 5.27. The van der Waals surface area contributed by atoms with Crippen LogP contribution < -0.4 is 5.48 Å². The molecular formula is C23H31ClN4O2. The third kappa shape index (κ3) is 7.40.